The van der Waals surface area contributed by atoms with Crippen LogP contribution in [0, 0.1) is 11.6 Å². The largest absolute Gasteiger partial charge is 0.380 e. The number of benzene rings is 1. The Bertz CT molecular complexity index is 248. The summed E-state index contributed by atoms with van der Waals surface area (Å²) in [7, 11) is 1.46. The fraction of sp³-hybridized carbons (Fsp3) is 0.250. The molecule has 1 rings (SSSR count). The van der Waals surface area contributed by atoms with Gasteiger partial charge in [0.05, 0.1) is 6.61 Å². The second-order valence-corrected chi connectivity index (χ2v) is 2.17. The van der Waals surface area contributed by atoms with Crippen molar-refractivity contribution in [3.63, 3.8) is 0 Å². The smallest absolute Gasteiger partial charge is 0.131 e. The summed E-state index contributed by atoms with van der Waals surface area (Å²) in [6.45, 7) is 0.173. The Morgan fingerprint density at radius 2 is 2.09 bits per heavy atom. The molecule has 0 aliphatic carbocycles. The van der Waals surface area contributed by atoms with E-state index in [1.165, 1.54) is 19.2 Å². The first kappa shape index (κ1) is 8.14. The fourth-order valence-corrected chi connectivity index (χ4v) is 0.794. The molecule has 1 aromatic carbocycles. The number of hydrogen-bond donors (Lipinski definition) is 0. The number of hydrogen-bond acceptors (Lipinski definition) is 1. The van der Waals surface area contributed by atoms with Crippen LogP contribution in [0.1, 0.15) is 5.56 Å². The third-order valence-corrected chi connectivity index (χ3v) is 1.31. The third-order valence-electron chi connectivity index (χ3n) is 1.31. The van der Waals surface area contributed by atoms with Gasteiger partial charge in [0.25, 0.3) is 0 Å². The van der Waals surface area contributed by atoms with Gasteiger partial charge in [-0.05, 0) is 6.07 Å². The highest BCUT2D eigenvalue weighted by Gasteiger charge is 2.01. The standard InChI is InChI=1S/C8H8F2O/c1-11-5-6-2-3-7(9)4-8(6)10/h2-4H,5H2,1H3. The topological polar surface area (TPSA) is 9.23 Å². The quantitative estimate of drug-likeness (QED) is 0.640. The molecule has 0 saturated heterocycles. The summed E-state index contributed by atoms with van der Waals surface area (Å²) in [4.78, 5) is 0. The van der Waals surface area contributed by atoms with Gasteiger partial charge in [-0.3, -0.25) is 0 Å². The van der Waals surface area contributed by atoms with Crippen LogP contribution in [0.3, 0.4) is 0 Å². The lowest BCUT2D eigenvalue weighted by Gasteiger charge is -2.00. The molecule has 60 valence electrons. The average Bonchev–Trinajstić information content (AvgIpc) is 1.95. The summed E-state index contributed by atoms with van der Waals surface area (Å²) in [6, 6.07) is 3.42. The van der Waals surface area contributed by atoms with Crippen LogP contribution in [-0.4, -0.2) is 7.11 Å². The molecule has 0 unspecified atom stereocenters. The Labute approximate surface area is 63.6 Å². The normalized spacial score (nSPS) is 10.1. The second-order valence-electron chi connectivity index (χ2n) is 2.17. The molecule has 0 bridgehead atoms. The zero-order chi connectivity index (χ0) is 8.27. The molecular formula is C8H8F2O. The van der Waals surface area contributed by atoms with Gasteiger partial charge in [-0.15, -0.1) is 0 Å². The van der Waals surface area contributed by atoms with Crippen LogP contribution >= 0.6 is 0 Å². The summed E-state index contributed by atoms with van der Waals surface area (Å²) in [6.07, 6.45) is 0. The molecule has 0 saturated carbocycles. The Kier molecular flexibility index (Phi) is 2.54. The van der Waals surface area contributed by atoms with Crippen molar-refractivity contribution < 1.29 is 13.5 Å². The maximum atomic E-state index is 12.7. The molecule has 0 aliphatic heterocycles. The van der Waals surface area contributed by atoms with Gasteiger partial charge in [0, 0.05) is 18.7 Å². The van der Waals surface area contributed by atoms with Crippen LogP contribution < -0.4 is 0 Å². The zero-order valence-corrected chi connectivity index (χ0v) is 6.10. The molecule has 0 atom stereocenters. The van der Waals surface area contributed by atoms with Crippen molar-refractivity contribution in [1.29, 1.82) is 0 Å². The number of halogens is 2. The molecule has 0 spiro atoms. The lowest BCUT2D eigenvalue weighted by atomic mass is 10.2. The van der Waals surface area contributed by atoms with Crippen molar-refractivity contribution in [2.45, 2.75) is 6.61 Å². The van der Waals surface area contributed by atoms with E-state index in [0.29, 0.717) is 5.56 Å². The fourth-order valence-electron chi connectivity index (χ4n) is 0.794. The Morgan fingerprint density at radius 1 is 1.36 bits per heavy atom. The van der Waals surface area contributed by atoms with Gasteiger partial charge in [0.15, 0.2) is 0 Å². The monoisotopic (exact) mass is 158 g/mol. The van der Waals surface area contributed by atoms with Gasteiger partial charge >= 0.3 is 0 Å². The molecule has 0 heterocycles. The van der Waals surface area contributed by atoms with E-state index in [9.17, 15) is 8.78 Å². The lowest BCUT2D eigenvalue weighted by Crippen LogP contribution is -1.92. The first-order valence-electron chi connectivity index (χ1n) is 3.17. The highest BCUT2D eigenvalue weighted by molar-refractivity contribution is 5.17. The summed E-state index contributed by atoms with van der Waals surface area (Å²) >= 11 is 0. The first-order chi connectivity index (χ1) is 5.24. The van der Waals surface area contributed by atoms with Crippen molar-refractivity contribution in [3.05, 3.63) is 35.4 Å². The molecule has 1 aromatic rings. The zero-order valence-electron chi connectivity index (χ0n) is 6.10. The third kappa shape index (κ3) is 1.98. The summed E-state index contributed by atoms with van der Waals surface area (Å²) in [5, 5.41) is 0. The van der Waals surface area contributed by atoms with Gasteiger partial charge in [-0.1, -0.05) is 6.07 Å². The van der Waals surface area contributed by atoms with Crippen molar-refractivity contribution >= 4 is 0 Å². The molecule has 0 aromatic heterocycles. The number of rotatable bonds is 2. The number of methoxy groups -OCH3 is 1. The molecule has 0 aliphatic rings. The maximum Gasteiger partial charge on any atom is 0.131 e. The van der Waals surface area contributed by atoms with Crippen LogP contribution in [0.4, 0.5) is 8.78 Å². The van der Waals surface area contributed by atoms with E-state index in [1.54, 1.807) is 0 Å². The minimum Gasteiger partial charge on any atom is -0.380 e. The minimum atomic E-state index is -0.567. The molecule has 3 heteroatoms. The van der Waals surface area contributed by atoms with E-state index < -0.39 is 11.6 Å². The summed E-state index contributed by atoms with van der Waals surface area (Å²) in [5.41, 5.74) is 0.369. The molecule has 0 amide bonds. The summed E-state index contributed by atoms with van der Waals surface area (Å²) in [5.74, 6) is -1.13. The predicted molar refractivity (Wildman–Crippen MR) is 37.1 cm³/mol. The van der Waals surface area contributed by atoms with Crippen LogP contribution in [0.5, 0.6) is 0 Å². The Morgan fingerprint density at radius 3 is 2.64 bits per heavy atom. The minimum absolute atomic E-state index is 0.173. The maximum absolute atomic E-state index is 12.7. The van der Waals surface area contributed by atoms with E-state index in [1.807, 2.05) is 0 Å². The van der Waals surface area contributed by atoms with E-state index in [-0.39, 0.29) is 6.61 Å². The predicted octanol–water partition coefficient (Wildman–Crippen LogP) is 2.11. The molecular weight excluding hydrogens is 150 g/mol. The van der Waals surface area contributed by atoms with E-state index >= 15 is 0 Å². The van der Waals surface area contributed by atoms with Crippen LogP contribution in [-0.2, 0) is 11.3 Å². The van der Waals surface area contributed by atoms with Gasteiger partial charge in [0.1, 0.15) is 11.6 Å². The molecule has 0 fully saturated rings. The number of ether oxygens (including phenoxy) is 1. The van der Waals surface area contributed by atoms with Gasteiger partial charge in [0.2, 0.25) is 0 Å². The SMILES string of the molecule is COCc1ccc(F)cc1F. The second kappa shape index (κ2) is 3.44. The van der Waals surface area contributed by atoms with Gasteiger partial charge in [-0.2, -0.15) is 0 Å². The highest BCUT2D eigenvalue weighted by Crippen LogP contribution is 2.09. The van der Waals surface area contributed by atoms with Crippen LogP contribution in [0.15, 0.2) is 18.2 Å². The van der Waals surface area contributed by atoms with E-state index in [4.69, 9.17) is 0 Å². The molecule has 1 nitrogen and oxygen atoms in total. The molecule has 11 heavy (non-hydrogen) atoms. The Balaban J connectivity index is 2.90. The van der Waals surface area contributed by atoms with Crippen LogP contribution in [0.2, 0.25) is 0 Å². The molecule has 0 N–H and O–H groups in total. The lowest BCUT2D eigenvalue weighted by molar-refractivity contribution is 0.181. The average molecular weight is 158 g/mol. The van der Waals surface area contributed by atoms with E-state index in [2.05, 4.69) is 4.74 Å². The highest BCUT2D eigenvalue weighted by atomic mass is 19.1. The van der Waals surface area contributed by atoms with Crippen molar-refractivity contribution in [2.24, 2.45) is 0 Å². The van der Waals surface area contributed by atoms with E-state index in [0.717, 1.165) is 6.07 Å². The van der Waals surface area contributed by atoms with Crippen LogP contribution in [0.25, 0.3) is 0 Å². The van der Waals surface area contributed by atoms with Gasteiger partial charge in [-0.25, -0.2) is 8.78 Å². The Hall–Kier alpha value is -0.960. The van der Waals surface area contributed by atoms with Crippen molar-refractivity contribution in [3.8, 4) is 0 Å². The van der Waals surface area contributed by atoms with Gasteiger partial charge < -0.3 is 4.74 Å². The summed E-state index contributed by atoms with van der Waals surface area (Å²) < 4.78 is 29.7. The van der Waals surface area contributed by atoms with Crippen molar-refractivity contribution in [1.82, 2.24) is 0 Å². The first-order valence-corrected chi connectivity index (χ1v) is 3.17. The van der Waals surface area contributed by atoms with Crippen molar-refractivity contribution in [2.75, 3.05) is 7.11 Å². The molecule has 0 radical (unpaired) electrons.